The third-order valence-corrected chi connectivity index (χ3v) is 4.15. The highest BCUT2D eigenvalue weighted by Crippen LogP contribution is 2.29. The second kappa shape index (κ2) is 5.77. The number of rotatable bonds is 5. The molecule has 0 fully saturated rings. The van der Waals surface area contributed by atoms with Crippen molar-refractivity contribution in [1.29, 1.82) is 0 Å². The molecular formula is C14H17FN2OS. The van der Waals surface area contributed by atoms with E-state index in [1.807, 2.05) is 12.3 Å². The lowest BCUT2D eigenvalue weighted by atomic mass is 9.77. The summed E-state index contributed by atoms with van der Waals surface area (Å²) in [6.45, 7) is 1.88. The Balaban J connectivity index is 2.40. The minimum atomic E-state index is -0.814. The largest absolute Gasteiger partial charge is 0.395 e. The molecule has 1 atom stereocenters. The van der Waals surface area contributed by atoms with E-state index in [2.05, 4.69) is 4.98 Å². The van der Waals surface area contributed by atoms with Crippen LogP contribution in [0.1, 0.15) is 16.3 Å². The number of aromatic nitrogens is 1. The Morgan fingerprint density at radius 1 is 1.42 bits per heavy atom. The van der Waals surface area contributed by atoms with Crippen LogP contribution in [0.4, 0.5) is 4.39 Å². The lowest BCUT2D eigenvalue weighted by Gasteiger charge is -2.30. The summed E-state index contributed by atoms with van der Waals surface area (Å²) in [5.74, 6) is -0.339. The minimum absolute atomic E-state index is 0.168. The molecule has 0 aliphatic heterocycles. The quantitative estimate of drug-likeness (QED) is 0.881. The Hall–Kier alpha value is -1.30. The van der Waals surface area contributed by atoms with Gasteiger partial charge in [-0.05, 0) is 18.6 Å². The molecule has 3 N–H and O–H groups in total. The molecule has 1 unspecified atom stereocenters. The van der Waals surface area contributed by atoms with Gasteiger partial charge in [0.15, 0.2) is 0 Å². The van der Waals surface area contributed by atoms with Crippen molar-refractivity contribution in [1.82, 2.24) is 4.98 Å². The van der Waals surface area contributed by atoms with Gasteiger partial charge in [-0.25, -0.2) is 9.37 Å². The molecule has 0 radical (unpaired) electrons. The molecule has 19 heavy (non-hydrogen) atoms. The smallest absolute Gasteiger partial charge is 0.127 e. The van der Waals surface area contributed by atoms with Crippen LogP contribution in [0, 0.1) is 12.7 Å². The average Bonchev–Trinajstić information content (AvgIpc) is 2.82. The van der Waals surface area contributed by atoms with Gasteiger partial charge in [0, 0.05) is 23.8 Å². The monoisotopic (exact) mass is 280 g/mol. The van der Waals surface area contributed by atoms with Crippen molar-refractivity contribution in [2.24, 2.45) is 5.73 Å². The number of aryl methyl sites for hydroxylation is 1. The minimum Gasteiger partial charge on any atom is -0.395 e. The first-order chi connectivity index (χ1) is 9.11. The molecule has 1 aromatic heterocycles. The summed E-state index contributed by atoms with van der Waals surface area (Å²) in [6.07, 6.45) is 0.436. The molecule has 2 rings (SSSR count). The zero-order valence-electron chi connectivity index (χ0n) is 10.8. The van der Waals surface area contributed by atoms with Crippen molar-refractivity contribution < 1.29 is 9.50 Å². The molecule has 0 amide bonds. The molecule has 0 spiro atoms. The van der Waals surface area contributed by atoms with Gasteiger partial charge < -0.3 is 10.8 Å². The number of hydrogen-bond acceptors (Lipinski definition) is 4. The molecule has 0 bridgehead atoms. The Kier molecular flexibility index (Phi) is 4.29. The van der Waals surface area contributed by atoms with E-state index in [4.69, 9.17) is 5.73 Å². The van der Waals surface area contributed by atoms with Gasteiger partial charge in [0.05, 0.1) is 17.3 Å². The molecule has 2 aromatic rings. The highest BCUT2D eigenvalue weighted by Gasteiger charge is 2.33. The summed E-state index contributed by atoms with van der Waals surface area (Å²) in [7, 11) is 0. The second-order valence-corrected chi connectivity index (χ2v) is 5.72. The fourth-order valence-corrected chi connectivity index (χ4v) is 2.82. The number of benzene rings is 1. The molecular weight excluding hydrogens is 263 g/mol. The standard InChI is InChI=1S/C14H17FN2OS/c1-10-17-11(7-19-10)6-14(8-16,9-18)12-4-2-3-5-13(12)15/h2-5,7,18H,6,8-9,16H2,1H3. The van der Waals surface area contributed by atoms with E-state index in [1.54, 1.807) is 18.2 Å². The van der Waals surface area contributed by atoms with E-state index in [0.29, 0.717) is 12.0 Å². The fraction of sp³-hybridized carbons (Fsp3) is 0.357. The molecule has 3 nitrogen and oxygen atoms in total. The van der Waals surface area contributed by atoms with Gasteiger partial charge >= 0.3 is 0 Å². The molecule has 0 aliphatic rings. The summed E-state index contributed by atoms with van der Waals surface area (Å²) in [5, 5.41) is 12.6. The van der Waals surface area contributed by atoms with Gasteiger partial charge in [-0.1, -0.05) is 18.2 Å². The van der Waals surface area contributed by atoms with Crippen LogP contribution in [0.5, 0.6) is 0 Å². The van der Waals surface area contributed by atoms with E-state index in [0.717, 1.165) is 10.7 Å². The van der Waals surface area contributed by atoms with Crippen LogP contribution in [0.15, 0.2) is 29.6 Å². The van der Waals surface area contributed by atoms with Crippen molar-refractivity contribution in [3.63, 3.8) is 0 Å². The molecule has 0 saturated carbocycles. The van der Waals surface area contributed by atoms with E-state index >= 15 is 0 Å². The van der Waals surface area contributed by atoms with E-state index in [9.17, 15) is 9.50 Å². The fourth-order valence-electron chi connectivity index (χ4n) is 2.21. The van der Waals surface area contributed by atoms with Gasteiger partial charge in [-0.3, -0.25) is 0 Å². The summed E-state index contributed by atoms with van der Waals surface area (Å²) in [6, 6.07) is 6.45. The molecule has 1 aromatic carbocycles. The van der Waals surface area contributed by atoms with Gasteiger partial charge in [0.1, 0.15) is 5.82 Å². The average molecular weight is 280 g/mol. The predicted octanol–water partition coefficient (Wildman–Crippen LogP) is 2.02. The highest BCUT2D eigenvalue weighted by molar-refractivity contribution is 7.09. The topological polar surface area (TPSA) is 59.1 Å². The number of aliphatic hydroxyl groups excluding tert-OH is 1. The van der Waals surface area contributed by atoms with E-state index in [1.165, 1.54) is 17.4 Å². The van der Waals surface area contributed by atoms with Gasteiger partial charge in [0.25, 0.3) is 0 Å². The number of hydrogen-bond donors (Lipinski definition) is 2. The third kappa shape index (κ3) is 2.83. The lowest BCUT2D eigenvalue weighted by molar-refractivity contribution is 0.191. The lowest BCUT2D eigenvalue weighted by Crippen LogP contribution is -2.41. The number of nitrogens with two attached hydrogens (primary N) is 1. The van der Waals surface area contributed by atoms with Crippen molar-refractivity contribution in [2.75, 3.05) is 13.2 Å². The second-order valence-electron chi connectivity index (χ2n) is 4.66. The van der Waals surface area contributed by atoms with Gasteiger partial charge in [-0.2, -0.15) is 0 Å². The number of aliphatic hydroxyl groups is 1. The van der Waals surface area contributed by atoms with Gasteiger partial charge in [0.2, 0.25) is 0 Å². The first-order valence-electron chi connectivity index (χ1n) is 6.08. The third-order valence-electron chi connectivity index (χ3n) is 3.32. The van der Waals surface area contributed by atoms with Crippen LogP contribution in [-0.2, 0) is 11.8 Å². The maximum Gasteiger partial charge on any atom is 0.127 e. The van der Waals surface area contributed by atoms with Crippen LogP contribution in [0.3, 0.4) is 0 Å². The Morgan fingerprint density at radius 3 is 2.68 bits per heavy atom. The van der Waals surface area contributed by atoms with Crippen LogP contribution in [0.25, 0.3) is 0 Å². The SMILES string of the molecule is Cc1nc(CC(CN)(CO)c2ccccc2F)cs1. The maximum atomic E-state index is 14.0. The Morgan fingerprint density at radius 2 is 2.16 bits per heavy atom. The Bertz CT molecular complexity index is 552. The van der Waals surface area contributed by atoms with E-state index < -0.39 is 5.41 Å². The maximum absolute atomic E-state index is 14.0. The van der Waals surface area contributed by atoms with Crippen LogP contribution in [0.2, 0.25) is 0 Å². The molecule has 102 valence electrons. The normalized spacial score (nSPS) is 14.3. The number of nitrogens with zero attached hydrogens (tertiary/aromatic N) is 1. The first kappa shape index (κ1) is 14.1. The van der Waals surface area contributed by atoms with Crippen LogP contribution >= 0.6 is 11.3 Å². The molecule has 0 aliphatic carbocycles. The number of thiazole rings is 1. The summed E-state index contributed by atoms with van der Waals surface area (Å²) >= 11 is 1.54. The molecule has 1 heterocycles. The molecule has 5 heteroatoms. The predicted molar refractivity (Wildman–Crippen MR) is 74.8 cm³/mol. The van der Waals surface area contributed by atoms with Crippen molar-refractivity contribution >= 4 is 11.3 Å². The van der Waals surface area contributed by atoms with Crippen LogP contribution < -0.4 is 5.73 Å². The summed E-state index contributed by atoms with van der Waals surface area (Å²) in [4.78, 5) is 4.38. The van der Waals surface area contributed by atoms with Crippen molar-refractivity contribution in [3.8, 4) is 0 Å². The summed E-state index contributed by atoms with van der Waals surface area (Å²) in [5.41, 5.74) is 6.30. The zero-order valence-corrected chi connectivity index (χ0v) is 11.6. The highest BCUT2D eigenvalue weighted by atomic mass is 32.1. The molecule has 0 saturated heterocycles. The number of halogens is 1. The summed E-state index contributed by atoms with van der Waals surface area (Å²) < 4.78 is 14.0. The van der Waals surface area contributed by atoms with Crippen molar-refractivity contribution in [2.45, 2.75) is 18.8 Å². The first-order valence-corrected chi connectivity index (χ1v) is 6.96. The van der Waals surface area contributed by atoms with E-state index in [-0.39, 0.29) is 19.0 Å². The van der Waals surface area contributed by atoms with Crippen LogP contribution in [-0.4, -0.2) is 23.2 Å². The van der Waals surface area contributed by atoms with Gasteiger partial charge in [-0.15, -0.1) is 11.3 Å². The Labute approximate surface area is 115 Å². The van der Waals surface area contributed by atoms with Crippen molar-refractivity contribution in [3.05, 3.63) is 51.7 Å². The zero-order chi connectivity index (χ0) is 13.9.